The van der Waals surface area contributed by atoms with Gasteiger partial charge in [-0.25, -0.2) is 0 Å². The topological polar surface area (TPSA) is 38.1 Å². The number of fused-ring (bicyclic) bond motifs is 7. The Kier molecular flexibility index (Phi) is 7.35. The number of hydrogen-bond donors (Lipinski definition) is 0. The van der Waals surface area contributed by atoms with Crippen LogP contribution in [0.2, 0.25) is 0 Å². The Bertz CT molecular complexity index is 2520. The zero-order valence-electron chi connectivity index (χ0n) is 33.9. The lowest BCUT2D eigenvalue weighted by Crippen LogP contribution is -2.61. The molecule has 0 unspecified atom stereocenters. The maximum absolute atomic E-state index is 7.16. The number of ether oxygens (including phenoxy) is 2. The first kappa shape index (κ1) is 34.7. The molecule has 5 nitrogen and oxygen atoms in total. The van der Waals surface area contributed by atoms with Gasteiger partial charge in [-0.05, 0) is 124 Å². The molecule has 9 rings (SSSR count). The fraction of sp³-hybridized carbons (Fsp3) is 0.333. The van der Waals surface area contributed by atoms with Crippen LogP contribution in [0, 0.1) is 20.8 Å². The van der Waals surface area contributed by atoms with Gasteiger partial charge in [-0.1, -0.05) is 92.6 Å². The van der Waals surface area contributed by atoms with Crippen LogP contribution in [0.4, 0.5) is 34.3 Å². The molecule has 3 aliphatic heterocycles. The monoisotopic (exact) mass is 714 g/mol. The Morgan fingerprint density at radius 1 is 0.593 bits per heavy atom. The summed E-state index contributed by atoms with van der Waals surface area (Å²) in [6.07, 6.45) is 0. The van der Waals surface area contributed by atoms with E-state index < -0.39 is 0 Å². The summed E-state index contributed by atoms with van der Waals surface area (Å²) in [5.74, 6) is 2.46. The van der Waals surface area contributed by atoms with Crippen LogP contribution in [0.15, 0.2) is 83.3 Å². The predicted molar refractivity (Wildman–Crippen MR) is 227 cm³/mol. The summed E-state index contributed by atoms with van der Waals surface area (Å²) < 4.78 is 19.2. The van der Waals surface area contributed by atoms with Crippen LogP contribution in [-0.4, -0.2) is 13.5 Å². The summed E-state index contributed by atoms with van der Waals surface area (Å²) >= 11 is 0. The van der Waals surface area contributed by atoms with Crippen LogP contribution in [0.1, 0.15) is 95.7 Å². The van der Waals surface area contributed by atoms with Crippen molar-refractivity contribution in [3.63, 3.8) is 0 Å². The molecule has 3 aliphatic rings. The molecule has 0 fully saturated rings. The minimum Gasteiger partial charge on any atom is -0.454 e. The van der Waals surface area contributed by atoms with Crippen LogP contribution in [0.5, 0.6) is 11.5 Å². The van der Waals surface area contributed by atoms with Crippen molar-refractivity contribution in [3.8, 4) is 11.5 Å². The molecule has 0 spiro atoms. The fourth-order valence-electron chi connectivity index (χ4n) is 8.90. The molecule has 6 heteroatoms. The highest BCUT2D eigenvalue weighted by Gasteiger charge is 2.47. The fourth-order valence-corrected chi connectivity index (χ4v) is 8.90. The minimum absolute atomic E-state index is 0.0305. The highest BCUT2D eigenvalue weighted by molar-refractivity contribution is 7.01. The lowest BCUT2D eigenvalue weighted by atomic mass is 9.33. The summed E-state index contributed by atoms with van der Waals surface area (Å²) in [6.45, 7) is 27.3. The third kappa shape index (κ3) is 5.12. The van der Waals surface area contributed by atoms with Crippen molar-refractivity contribution in [2.75, 3.05) is 16.6 Å². The maximum Gasteiger partial charge on any atom is 0.257 e. The van der Waals surface area contributed by atoms with Crippen LogP contribution in [0.3, 0.4) is 0 Å². The standard InChI is InChI=1S/C48H51BN2O3/c1-27-21-37-42-38(22-27)51(43-28(2)23-40-44(29(43)3)53-26-52-40)45-41(34-24-31(47(7,8)9)16-20-39(34)54-45)49(42)35-25-32(48(10,11)12)15-19-36(35)50(37)33-17-13-30(14-18-33)46(4,5)6/h13-25H,26H2,1-12H3. The molecule has 0 saturated heterocycles. The Morgan fingerprint density at radius 2 is 1.20 bits per heavy atom. The Hall–Kier alpha value is -5.10. The van der Waals surface area contributed by atoms with E-state index in [4.69, 9.17) is 13.9 Å². The highest BCUT2D eigenvalue weighted by Crippen LogP contribution is 2.51. The highest BCUT2D eigenvalue weighted by atomic mass is 16.7. The van der Waals surface area contributed by atoms with Gasteiger partial charge in [-0.15, -0.1) is 0 Å². The Balaban J connectivity index is 1.42. The zero-order valence-corrected chi connectivity index (χ0v) is 33.9. The second-order valence-electron chi connectivity index (χ2n) is 18.8. The normalized spacial score (nSPS) is 14.8. The van der Waals surface area contributed by atoms with Gasteiger partial charge in [-0.2, -0.15) is 0 Å². The van der Waals surface area contributed by atoms with Crippen molar-refractivity contribution in [2.24, 2.45) is 0 Å². The predicted octanol–water partition coefficient (Wildman–Crippen LogP) is 11.1. The number of benzene rings is 5. The van der Waals surface area contributed by atoms with Crippen molar-refractivity contribution < 1.29 is 13.9 Å². The van der Waals surface area contributed by atoms with E-state index in [-0.39, 0.29) is 29.8 Å². The number of anilines is 6. The molecule has 0 aliphatic carbocycles. The first-order valence-electron chi connectivity index (χ1n) is 19.4. The molecule has 0 radical (unpaired) electrons. The number of aryl methyl sites for hydroxylation is 2. The number of nitrogens with zero attached hydrogens (tertiary/aromatic N) is 2. The second kappa shape index (κ2) is 11.5. The molecule has 0 atom stereocenters. The number of hydrogen-bond acceptors (Lipinski definition) is 5. The Labute approximate surface area is 321 Å². The van der Waals surface area contributed by atoms with Gasteiger partial charge in [0.05, 0.1) is 5.69 Å². The van der Waals surface area contributed by atoms with Gasteiger partial charge in [0.15, 0.2) is 11.5 Å². The van der Waals surface area contributed by atoms with Gasteiger partial charge in [0.1, 0.15) is 5.58 Å². The molecular formula is C48H51BN2O3. The molecule has 0 amide bonds. The average molecular weight is 715 g/mol. The third-order valence-electron chi connectivity index (χ3n) is 11.8. The number of furan rings is 1. The second-order valence-corrected chi connectivity index (χ2v) is 18.8. The van der Waals surface area contributed by atoms with E-state index in [0.717, 1.165) is 56.5 Å². The summed E-state index contributed by atoms with van der Waals surface area (Å²) in [4.78, 5) is 4.89. The largest absolute Gasteiger partial charge is 0.454 e. The molecule has 6 aromatic rings. The average Bonchev–Trinajstić information content (AvgIpc) is 3.72. The van der Waals surface area contributed by atoms with E-state index in [1.54, 1.807) is 0 Å². The van der Waals surface area contributed by atoms with Gasteiger partial charge >= 0.3 is 0 Å². The van der Waals surface area contributed by atoms with Crippen molar-refractivity contribution in [1.29, 1.82) is 0 Å². The van der Waals surface area contributed by atoms with Crippen molar-refractivity contribution in [3.05, 3.63) is 112 Å². The maximum atomic E-state index is 7.16. The Morgan fingerprint density at radius 3 is 1.87 bits per heavy atom. The zero-order chi connectivity index (χ0) is 38.2. The van der Waals surface area contributed by atoms with Crippen molar-refractivity contribution in [1.82, 2.24) is 0 Å². The quantitative estimate of drug-likeness (QED) is 0.167. The van der Waals surface area contributed by atoms with Crippen LogP contribution < -0.4 is 35.7 Å². The molecule has 1 aromatic heterocycles. The first-order valence-corrected chi connectivity index (χ1v) is 19.4. The van der Waals surface area contributed by atoms with Crippen LogP contribution in [0.25, 0.3) is 11.0 Å². The first-order chi connectivity index (χ1) is 25.4. The smallest absolute Gasteiger partial charge is 0.257 e. The van der Waals surface area contributed by atoms with E-state index in [1.165, 1.54) is 50.0 Å². The molecule has 5 aromatic carbocycles. The molecular weight excluding hydrogens is 663 g/mol. The molecule has 54 heavy (non-hydrogen) atoms. The lowest BCUT2D eigenvalue weighted by molar-refractivity contribution is 0.173. The van der Waals surface area contributed by atoms with Crippen molar-refractivity contribution >= 4 is 68.4 Å². The molecule has 0 saturated carbocycles. The molecule has 0 N–H and O–H groups in total. The van der Waals surface area contributed by atoms with Crippen molar-refractivity contribution in [2.45, 2.75) is 99.3 Å². The number of rotatable bonds is 2. The summed E-state index contributed by atoms with van der Waals surface area (Å²) in [5.41, 5.74) is 17.7. The lowest BCUT2D eigenvalue weighted by Gasteiger charge is -2.43. The van der Waals surface area contributed by atoms with Gasteiger partial charge in [-0.3, -0.25) is 4.90 Å². The summed E-state index contributed by atoms with van der Waals surface area (Å²) in [7, 11) is 0. The van der Waals surface area contributed by atoms with E-state index in [0.29, 0.717) is 0 Å². The van der Waals surface area contributed by atoms with Gasteiger partial charge in [0.25, 0.3) is 6.71 Å². The minimum atomic E-state index is -0.0599. The third-order valence-corrected chi connectivity index (χ3v) is 11.8. The van der Waals surface area contributed by atoms with Gasteiger partial charge in [0, 0.05) is 39.2 Å². The van der Waals surface area contributed by atoms with E-state index in [1.807, 2.05) is 0 Å². The van der Waals surface area contributed by atoms with E-state index in [2.05, 4.69) is 172 Å². The summed E-state index contributed by atoms with van der Waals surface area (Å²) in [5, 5.41) is 1.16. The van der Waals surface area contributed by atoms with Crippen LogP contribution in [-0.2, 0) is 16.2 Å². The van der Waals surface area contributed by atoms with Crippen LogP contribution >= 0.6 is 0 Å². The molecule has 4 heterocycles. The van der Waals surface area contributed by atoms with E-state index >= 15 is 0 Å². The SMILES string of the molecule is Cc1cc2c3c(c1)N(c1c(C)cc4c(c1C)OCO4)c1oc4ccc(C(C)(C)C)cc4c1B3c1cc(C(C)(C)C)ccc1N2c1ccc(C(C)(C)C)cc1. The van der Waals surface area contributed by atoms with Gasteiger partial charge < -0.3 is 18.8 Å². The molecule has 274 valence electrons. The van der Waals surface area contributed by atoms with Gasteiger partial charge in [0.2, 0.25) is 12.7 Å². The van der Waals surface area contributed by atoms with E-state index in [9.17, 15) is 0 Å². The molecule has 0 bridgehead atoms. The summed E-state index contributed by atoms with van der Waals surface area (Å²) in [6, 6.07) is 30.0.